The third kappa shape index (κ3) is 23.2. The molecule has 716 valence electrons. The molecule has 0 radical (unpaired) electrons. The van der Waals surface area contributed by atoms with Gasteiger partial charge in [0.15, 0.2) is 46.4 Å². The highest BCUT2D eigenvalue weighted by molar-refractivity contribution is 7.03. The van der Waals surface area contributed by atoms with Crippen molar-refractivity contribution in [3.05, 3.63) is 178 Å². The zero-order valence-corrected chi connectivity index (χ0v) is 73.6. The molecular formula is C88H93F10N21O15S. The fraction of sp³-hybridized carbons (Fsp3) is 0.420. The number of urea groups is 4. The standard InChI is InChI=1S/C27H28FN5O5.C22H25F3N6O5.C21H22F3N5O3.C18H18F3N5O2S/c28-18-3-1-2-17(12-18)4-7-24(36)22-5-6-23-26(30-22)33(19-9-11-32(23)14-19)27(37)31-25-13-21(8-10-29-25)38-16-20(35)15-34;1-12(22(23,24)25)6-17(34)15-2-3-16-20(28-15)31(13-4-5-30(16)8-13)21(35)29-18-7-19(27-11-26-18)36-10-14(33)9-32;1-12(21(22,23)24)9-18(31)14-3-4-16-19(25-14)29(13-5-8-28(16)10-13)20(32)26-15-11-27(2)7-6-17(15)30;1-10(18(19,20)21)8-14(27)12-2-3-13-16(22-12)26(11-4-6-25(13)9-11)17(28)23-15-5-7-29-24-15/h1-3,5-6,8,10,12-13,19-20,34-35H,4,7,9,11,14-16H2,(H,29,31,37);2-3,7,11-14,32-33H,4-6,8-10H2,1H3,(H,26,27,29,35);3-4,6-7,11-13H,5,8-10H2,1-2H3,(H,26,32);2-3,5,7,10-11H,4,6,8-9H2,1H3,(H,23,24,28)/t19-,20+;12-,13-,14+;12-,13-;10-,11-/m0000/s1. The number of aromatic nitrogens is 9. The molecule has 36 nitrogen and oxygen atoms in total. The second kappa shape index (κ2) is 41.4. The molecule has 1 aromatic carbocycles. The van der Waals surface area contributed by atoms with E-state index in [0.29, 0.717) is 93.0 Å². The maximum absolute atomic E-state index is 13.5. The Balaban J connectivity index is 0.000000145. The molecule has 0 spiro atoms. The van der Waals surface area contributed by atoms with Crippen LogP contribution in [0.3, 0.4) is 0 Å². The molecule has 135 heavy (non-hydrogen) atoms. The fourth-order valence-electron chi connectivity index (χ4n) is 16.3. The van der Waals surface area contributed by atoms with Gasteiger partial charge in [-0.25, -0.2) is 58.5 Å². The predicted octanol–water partition coefficient (Wildman–Crippen LogP) is 11.9. The molecule has 0 saturated carbocycles. The van der Waals surface area contributed by atoms with E-state index in [2.05, 4.69) is 70.3 Å². The SMILES string of the molecule is C[C@@H](CC(=O)c1ccc2c(n1)N(C(=O)Nc1cc(OC[C@H](O)CO)ncn1)[C@H]1CCN2C1)C(F)(F)F.C[C@@H](CC(=O)c1ccc2c(n1)N(C(=O)Nc1ccsn1)[C@H]1CCN2C1)C(F)(F)F.C[C@@H](CC(=O)c1ccc2c(n1)N(C(=O)Nc1cn(C)ccc1=O)[C@H]1CCN2C1)C(F)(F)F.O=C(CCc1cccc(F)c1)c1ccc2c(n1)N(C(=O)Nc1cc(OC[C@H](O)CO)ccn1)[C@H]1CCN2C1. The number of alkyl halides is 9. The number of aryl methyl sites for hydroxylation is 2. The lowest BCUT2D eigenvalue weighted by Gasteiger charge is -2.35. The maximum atomic E-state index is 13.5. The molecule has 8 N–H and O–H groups in total. The number of rotatable bonds is 25. The van der Waals surface area contributed by atoms with Gasteiger partial charge in [0.25, 0.3) is 0 Å². The molecule has 47 heteroatoms. The molecule has 4 saturated heterocycles. The summed E-state index contributed by atoms with van der Waals surface area (Å²) >= 11 is 1.20. The molecule has 9 aromatic rings. The number of aliphatic hydroxyl groups excluding tert-OH is 4. The van der Waals surface area contributed by atoms with E-state index in [9.17, 15) is 97.3 Å². The molecule has 17 rings (SSSR count). The Morgan fingerprint density at radius 2 is 0.896 bits per heavy atom. The summed E-state index contributed by atoms with van der Waals surface area (Å²) < 4.78 is 146. The number of anilines is 12. The van der Waals surface area contributed by atoms with Crippen LogP contribution in [0.25, 0.3) is 0 Å². The monoisotopic (exact) mass is 1910 g/mol. The summed E-state index contributed by atoms with van der Waals surface area (Å²) in [6.07, 6.45) is -8.74. The summed E-state index contributed by atoms with van der Waals surface area (Å²) in [5.41, 5.74) is 3.04. The van der Waals surface area contributed by atoms with Gasteiger partial charge >= 0.3 is 42.7 Å². The Morgan fingerprint density at radius 3 is 1.30 bits per heavy atom. The minimum Gasteiger partial charge on any atom is -0.491 e. The van der Waals surface area contributed by atoms with Crippen molar-refractivity contribution in [3.63, 3.8) is 0 Å². The van der Waals surface area contributed by atoms with Crippen molar-refractivity contribution in [2.75, 3.05) is 139 Å². The number of ether oxygens (including phenoxy) is 2. The highest BCUT2D eigenvalue weighted by atomic mass is 32.1. The molecule has 9 atom stereocenters. The first-order valence-corrected chi connectivity index (χ1v) is 43.8. The van der Waals surface area contributed by atoms with Crippen LogP contribution in [0.1, 0.15) is 120 Å². The summed E-state index contributed by atoms with van der Waals surface area (Å²) in [7, 11) is 1.71. The van der Waals surface area contributed by atoms with E-state index in [1.54, 1.807) is 76.6 Å². The number of pyridine rings is 6. The lowest BCUT2D eigenvalue weighted by Crippen LogP contribution is -2.48. The maximum Gasteiger partial charge on any atom is 0.391 e. The third-order valence-corrected chi connectivity index (χ3v) is 24.2. The molecule has 16 heterocycles. The van der Waals surface area contributed by atoms with E-state index in [1.807, 2.05) is 15.9 Å². The van der Waals surface area contributed by atoms with Crippen LogP contribution in [-0.4, -0.2) is 245 Å². The average molecular weight is 1910 g/mol. The Kier molecular flexibility index (Phi) is 29.9. The number of hydrogen-bond acceptors (Lipinski definition) is 28. The van der Waals surface area contributed by atoms with Crippen LogP contribution < -0.4 is 75.4 Å². The van der Waals surface area contributed by atoms with E-state index >= 15 is 0 Å². The quantitative estimate of drug-likeness (QED) is 0.0195. The van der Waals surface area contributed by atoms with Crippen LogP contribution in [-0.2, 0) is 13.5 Å². The summed E-state index contributed by atoms with van der Waals surface area (Å²) in [5, 5.41) is 49.2. The topological polar surface area (TPSA) is 435 Å². The second-order valence-electron chi connectivity index (χ2n) is 33.4. The number of carbonyl (C=O) groups excluding carboxylic acids is 8. The van der Waals surface area contributed by atoms with Crippen molar-refractivity contribution in [1.29, 1.82) is 0 Å². The van der Waals surface area contributed by atoms with Gasteiger partial charge in [-0.1, -0.05) is 32.9 Å². The number of carbonyl (C=O) groups is 8. The van der Waals surface area contributed by atoms with Crippen molar-refractivity contribution in [1.82, 2.24) is 43.8 Å². The van der Waals surface area contributed by atoms with Gasteiger partial charge in [-0.15, -0.1) is 0 Å². The normalized spacial score (nSPS) is 18.1. The number of Topliss-reactive ketones (excluding diaryl/α,β-unsaturated/α-hetero) is 4. The highest BCUT2D eigenvalue weighted by Gasteiger charge is 2.48. The van der Waals surface area contributed by atoms with Gasteiger partial charge in [0.05, 0.1) is 77.9 Å². The summed E-state index contributed by atoms with van der Waals surface area (Å²) in [6, 6.07) is 23.4. The second-order valence-corrected chi connectivity index (χ2v) is 34.0. The van der Waals surface area contributed by atoms with Gasteiger partial charge in [-0.2, -0.15) is 43.9 Å². The molecule has 8 aliphatic heterocycles. The lowest BCUT2D eigenvalue weighted by molar-refractivity contribution is -0.169. The Hall–Kier alpha value is -13.7. The van der Waals surface area contributed by atoms with E-state index in [-0.39, 0.29) is 124 Å². The van der Waals surface area contributed by atoms with Crippen LogP contribution >= 0.6 is 11.5 Å². The molecule has 0 aliphatic carbocycles. The number of ketones is 4. The number of nitrogens with one attached hydrogen (secondary N) is 4. The molecular weight excluding hydrogens is 1810 g/mol. The third-order valence-electron chi connectivity index (χ3n) is 23.6. The summed E-state index contributed by atoms with van der Waals surface area (Å²) in [4.78, 5) is 159. The molecule has 8 amide bonds. The van der Waals surface area contributed by atoms with Gasteiger partial charge in [0.1, 0.15) is 89.2 Å². The average Bonchev–Trinajstić information content (AvgIpc) is 1.67. The van der Waals surface area contributed by atoms with Gasteiger partial charge in [-0.05, 0) is 122 Å². The minimum atomic E-state index is -4.50. The van der Waals surface area contributed by atoms with Crippen molar-refractivity contribution < 1.29 is 112 Å². The van der Waals surface area contributed by atoms with Gasteiger partial charge < -0.3 is 59.4 Å². The van der Waals surface area contributed by atoms with E-state index in [4.69, 9.17) is 19.7 Å². The van der Waals surface area contributed by atoms with Crippen molar-refractivity contribution in [2.24, 2.45) is 24.8 Å². The Bertz CT molecular complexity index is 5950. The number of benzene rings is 1. The molecule has 4 fully saturated rings. The molecule has 8 bridgehead atoms. The van der Waals surface area contributed by atoms with Crippen molar-refractivity contribution in [3.8, 4) is 11.6 Å². The van der Waals surface area contributed by atoms with E-state index in [1.165, 1.54) is 87.2 Å². The minimum absolute atomic E-state index is 0.0590. The number of hydrogen-bond donors (Lipinski definition) is 8. The smallest absolute Gasteiger partial charge is 0.391 e. The van der Waals surface area contributed by atoms with Crippen LogP contribution in [0.2, 0.25) is 0 Å². The molecule has 8 aromatic heterocycles. The highest BCUT2D eigenvalue weighted by Crippen LogP contribution is 2.45. The number of aliphatic hydroxyl groups is 4. The molecule has 0 unspecified atom stereocenters. The number of halogens is 10. The number of amides is 8. The van der Waals surface area contributed by atoms with Gasteiger partial charge in [0.2, 0.25) is 11.3 Å². The Labute approximate surface area is 767 Å². The van der Waals surface area contributed by atoms with Crippen LogP contribution in [0.4, 0.5) is 132 Å². The predicted molar refractivity (Wildman–Crippen MR) is 474 cm³/mol. The van der Waals surface area contributed by atoms with Crippen LogP contribution in [0, 0.1) is 23.6 Å². The van der Waals surface area contributed by atoms with E-state index < -0.39 is 122 Å². The van der Waals surface area contributed by atoms with Crippen LogP contribution in [0.15, 0.2) is 138 Å². The summed E-state index contributed by atoms with van der Waals surface area (Å²) in [5.74, 6) is -5.88. The van der Waals surface area contributed by atoms with Crippen molar-refractivity contribution >= 4 is 128 Å². The lowest BCUT2D eigenvalue weighted by atomic mass is 10.0. The largest absolute Gasteiger partial charge is 0.491 e. The van der Waals surface area contributed by atoms with Crippen molar-refractivity contribution in [2.45, 2.75) is 133 Å². The first-order valence-electron chi connectivity index (χ1n) is 43.0. The Morgan fingerprint density at radius 1 is 0.489 bits per heavy atom. The first-order chi connectivity index (χ1) is 64.2. The van der Waals surface area contributed by atoms with E-state index in [0.717, 1.165) is 64.3 Å². The zero-order valence-electron chi connectivity index (χ0n) is 72.8. The zero-order chi connectivity index (χ0) is 96.6. The summed E-state index contributed by atoms with van der Waals surface area (Å²) in [6.45, 7) is 6.84. The fourth-order valence-corrected chi connectivity index (χ4v) is 16.7. The van der Waals surface area contributed by atoms with Gasteiger partial charge in [0, 0.05) is 127 Å². The molecule has 8 aliphatic rings. The van der Waals surface area contributed by atoms with Crippen LogP contribution in [0.5, 0.6) is 11.6 Å². The van der Waals surface area contributed by atoms with Gasteiger partial charge in [-0.3, -0.25) is 59.5 Å². The first kappa shape index (κ1) is 97.4. The number of nitrogens with zero attached hydrogens (tertiary/aromatic N) is 17. The number of fused-ring (bicyclic) bond motifs is 16.